The predicted octanol–water partition coefficient (Wildman–Crippen LogP) is 5.44. The first kappa shape index (κ1) is 12.9. The van der Waals surface area contributed by atoms with Gasteiger partial charge in [0.2, 0.25) is 0 Å². The van der Waals surface area contributed by atoms with Crippen molar-refractivity contribution in [2.75, 3.05) is 0 Å². The summed E-state index contributed by atoms with van der Waals surface area (Å²) < 4.78 is 0.235. The number of halogens is 6. The Morgan fingerprint density at radius 3 is 1.79 bits per heavy atom. The van der Waals surface area contributed by atoms with E-state index in [1.807, 2.05) is 0 Å². The van der Waals surface area contributed by atoms with E-state index in [4.69, 9.17) is 58.0 Å². The fourth-order valence-electron chi connectivity index (χ4n) is 0.777. The molecule has 0 heterocycles. The minimum atomic E-state index is -0.762. The van der Waals surface area contributed by atoms with E-state index in [0.717, 1.165) is 0 Å². The number of benzene rings is 1. The Bertz CT molecular complexity index is 388. The van der Waals surface area contributed by atoms with Crippen molar-refractivity contribution >= 4 is 79.2 Å². The molecule has 0 fully saturated rings. The van der Waals surface area contributed by atoms with Gasteiger partial charge in [-0.25, -0.2) is 0 Å². The first-order valence-corrected chi connectivity index (χ1v) is 5.77. The van der Waals surface area contributed by atoms with E-state index in [1.54, 1.807) is 0 Å². The second-order valence-electron chi connectivity index (χ2n) is 2.22. The van der Waals surface area contributed by atoms with Crippen molar-refractivity contribution in [3.05, 3.63) is 30.1 Å². The monoisotopic (exact) mass is 354 g/mol. The quantitative estimate of drug-likeness (QED) is 0.372. The van der Waals surface area contributed by atoms with Gasteiger partial charge in [-0.05, 0) is 27.5 Å². The van der Waals surface area contributed by atoms with Crippen LogP contribution in [0, 0.1) is 0 Å². The molecule has 0 aliphatic rings. The molecule has 1 aromatic rings. The van der Waals surface area contributed by atoms with E-state index in [2.05, 4.69) is 15.9 Å². The maximum Gasteiger partial charge on any atom is 0.255 e. The summed E-state index contributed by atoms with van der Waals surface area (Å²) in [6, 6.07) is 0. The Balaban J connectivity index is 3.68. The molecule has 0 N–H and O–H groups in total. The third-order valence-electron chi connectivity index (χ3n) is 1.41. The second-order valence-corrected chi connectivity index (χ2v) is 4.87. The number of carbonyl (C=O) groups is 1. The van der Waals surface area contributed by atoms with E-state index in [0.29, 0.717) is 0 Å². The molecule has 0 atom stereocenters. The number of hydrogen-bond acceptors (Lipinski definition) is 1. The van der Waals surface area contributed by atoms with Crippen molar-refractivity contribution in [3.63, 3.8) is 0 Å². The molecule has 0 aromatic heterocycles. The highest BCUT2D eigenvalue weighted by Crippen LogP contribution is 2.44. The van der Waals surface area contributed by atoms with Crippen LogP contribution in [0.25, 0.3) is 0 Å². The lowest BCUT2D eigenvalue weighted by Crippen LogP contribution is -1.95. The van der Waals surface area contributed by atoms with Crippen LogP contribution in [-0.2, 0) is 0 Å². The van der Waals surface area contributed by atoms with Crippen molar-refractivity contribution in [1.29, 1.82) is 0 Å². The van der Waals surface area contributed by atoms with Crippen molar-refractivity contribution in [1.82, 2.24) is 0 Å². The van der Waals surface area contributed by atoms with Crippen LogP contribution in [0.2, 0.25) is 20.1 Å². The zero-order chi connectivity index (χ0) is 11.0. The molecule has 0 saturated carbocycles. The summed E-state index contributed by atoms with van der Waals surface area (Å²) >= 11 is 31.3. The van der Waals surface area contributed by atoms with Crippen molar-refractivity contribution < 1.29 is 4.79 Å². The fourth-order valence-corrected chi connectivity index (χ4v) is 2.87. The Morgan fingerprint density at radius 1 is 0.929 bits per heavy atom. The summed E-state index contributed by atoms with van der Waals surface area (Å²) in [6.45, 7) is 0. The van der Waals surface area contributed by atoms with Crippen LogP contribution in [0.1, 0.15) is 10.4 Å². The van der Waals surface area contributed by atoms with Crippen molar-refractivity contribution in [2.45, 2.75) is 0 Å². The maximum absolute atomic E-state index is 11.0. The fraction of sp³-hybridized carbons (Fsp3) is 0. The molecule has 1 nitrogen and oxygen atoms in total. The minimum absolute atomic E-state index is 0.00512. The summed E-state index contributed by atoms with van der Waals surface area (Å²) in [7, 11) is 0. The average Bonchev–Trinajstić information content (AvgIpc) is 2.11. The average molecular weight is 357 g/mol. The largest absolute Gasteiger partial charge is 0.276 e. The summed E-state index contributed by atoms with van der Waals surface area (Å²) in [5, 5.41) is -0.599. The first-order valence-electron chi connectivity index (χ1n) is 3.09. The highest BCUT2D eigenvalue weighted by molar-refractivity contribution is 9.10. The Hall–Kier alpha value is 0.820. The SMILES string of the molecule is O=C(Cl)c1c(Cl)c(Cl)c(Cl)c(Cl)c1Br. The van der Waals surface area contributed by atoms with Crippen LogP contribution >= 0.6 is 73.9 Å². The van der Waals surface area contributed by atoms with Gasteiger partial charge in [0.25, 0.3) is 5.24 Å². The number of carbonyl (C=O) groups excluding carboxylic acids is 1. The highest BCUT2D eigenvalue weighted by atomic mass is 79.9. The van der Waals surface area contributed by atoms with E-state index >= 15 is 0 Å². The Morgan fingerprint density at radius 2 is 1.36 bits per heavy atom. The molecule has 0 amide bonds. The standard InChI is InChI=1S/C7BrCl5O/c8-2-1(7(13)14)3(9)5(11)6(12)4(2)10. The lowest BCUT2D eigenvalue weighted by molar-refractivity contribution is 0.108. The molecule has 76 valence electrons. The van der Waals surface area contributed by atoms with E-state index in [1.165, 1.54) is 0 Å². The molecule has 1 rings (SSSR count). The smallest absolute Gasteiger partial charge is 0.255 e. The van der Waals surface area contributed by atoms with Gasteiger partial charge in [0.05, 0.1) is 30.1 Å². The van der Waals surface area contributed by atoms with Gasteiger partial charge >= 0.3 is 0 Å². The molecule has 1 aromatic carbocycles. The molecule has 0 bridgehead atoms. The highest BCUT2D eigenvalue weighted by Gasteiger charge is 2.22. The van der Waals surface area contributed by atoms with Crippen LogP contribution in [-0.4, -0.2) is 5.24 Å². The van der Waals surface area contributed by atoms with E-state index < -0.39 is 5.24 Å². The van der Waals surface area contributed by atoms with Crippen molar-refractivity contribution in [2.24, 2.45) is 0 Å². The lowest BCUT2D eigenvalue weighted by Gasteiger charge is -2.08. The predicted molar refractivity (Wildman–Crippen MR) is 64.4 cm³/mol. The molecule has 7 heteroatoms. The second kappa shape index (κ2) is 4.77. The van der Waals surface area contributed by atoms with Gasteiger partial charge < -0.3 is 0 Å². The molecule has 14 heavy (non-hydrogen) atoms. The molecule has 0 aliphatic carbocycles. The van der Waals surface area contributed by atoms with Crippen molar-refractivity contribution in [3.8, 4) is 0 Å². The zero-order valence-electron chi connectivity index (χ0n) is 6.18. The zero-order valence-corrected chi connectivity index (χ0v) is 11.5. The van der Waals surface area contributed by atoms with Gasteiger partial charge in [-0.2, -0.15) is 0 Å². The summed E-state index contributed by atoms with van der Waals surface area (Å²) in [4.78, 5) is 11.0. The minimum Gasteiger partial charge on any atom is -0.276 e. The van der Waals surface area contributed by atoms with Crippen LogP contribution in [0.15, 0.2) is 4.47 Å². The summed E-state index contributed by atoms with van der Waals surface area (Å²) in [6.07, 6.45) is 0. The molecular weight excluding hydrogens is 357 g/mol. The van der Waals surface area contributed by atoms with Gasteiger partial charge in [0.15, 0.2) is 0 Å². The normalized spacial score (nSPS) is 10.4. The van der Waals surface area contributed by atoms with Gasteiger partial charge in [0, 0.05) is 0 Å². The van der Waals surface area contributed by atoms with E-state index in [9.17, 15) is 4.79 Å². The maximum atomic E-state index is 11.0. The third kappa shape index (κ3) is 2.16. The lowest BCUT2D eigenvalue weighted by atomic mass is 10.2. The van der Waals surface area contributed by atoms with Crippen LogP contribution < -0.4 is 0 Å². The summed E-state index contributed by atoms with van der Waals surface area (Å²) in [5.41, 5.74) is 0.00716. The molecule has 0 unspecified atom stereocenters. The van der Waals surface area contributed by atoms with Gasteiger partial charge in [-0.15, -0.1) is 0 Å². The first-order chi connectivity index (χ1) is 6.37. The molecule has 0 aliphatic heterocycles. The van der Waals surface area contributed by atoms with Gasteiger partial charge in [-0.3, -0.25) is 4.79 Å². The molecular formula is C7BrCl5O. The third-order valence-corrected chi connectivity index (χ3v) is 4.42. The number of rotatable bonds is 1. The van der Waals surface area contributed by atoms with Crippen LogP contribution in [0.4, 0.5) is 0 Å². The van der Waals surface area contributed by atoms with Crippen LogP contribution in [0.5, 0.6) is 0 Å². The molecule has 0 radical (unpaired) electrons. The number of hydrogen-bond donors (Lipinski definition) is 0. The molecule has 0 spiro atoms. The summed E-state index contributed by atoms with van der Waals surface area (Å²) in [5.74, 6) is 0. The Labute approximate surface area is 113 Å². The topological polar surface area (TPSA) is 17.1 Å². The van der Waals surface area contributed by atoms with Gasteiger partial charge in [0.1, 0.15) is 0 Å². The van der Waals surface area contributed by atoms with Crippen LogP contribution in [0.3, 0.4) is 0 Å². The molecule has 0 saturated heterocycles. The van der Waals surface area contributed by atoms with E-state index in [-0.39, 0.29) is 30.1 Å². The van der Waals surface area contributed by atoms with Gasteiger partial charge in [-0.1, -0.05) is 46.4 Å². The Kier molecular flexibility index (Phi) is 4.39.